The van der Waals surface area contributed by atoms with Gasteiger partial charge in [-0.15, -0.1) is 11.8 Å². The van der Waals surface area contributed by atoms with Crippen molar-refractivity contribution >= 4 is 66.9 Å². The number of carbonyl (C=O) groups is 1. The van der Waals surface area contributed by atoms with Gasteiger partial charge in [0.15, 0.2) is 5.13 Å². The molecule has 0 spiro atoms. The smallest absolute Gasteiger partial charge is 0.261 e. The van der Waals surface area contributed by atoms with Gasteiger partial charge in [0, 0.05) is 15.1 Å². The number of carbonyl (C=O) groups excluding carboxylic acids is 1. The molecule has 2 heterocycles. The van der Waals surface area contributed by atoms with E-state index in [4.69, 9.17) is 9.72 Å². The van der Waals surface area contributed by atoms with Crippen molar-refractivity contribution in [1.29, 1.82) is 0 Å². The standard InChI is InChI=1S/C20H19IN2O2S2/c1-26-14-8-9-17-18(11-14)27-20(22-17)23(12-13-5-4-10-25-13)19(24)15-6-2-3-7-16(15)21/h2-3,6-9,11,13H,4-5,10,12H2,1H3. The summed E-state index contributed by atoms with van der Waals surface area (Å²) < 4.78 is 7.86. The van der Waals surface area contributed by atoms with Gasteiger partial charge in [-0.2, -0.15) is 0 Å². The Bertz CT molecular complexity index is 970. The van der Waals surface area contributed by atoms with Crippen molar-refractivity contribution in [3.05, 3.63) is 51.6 Å². The van der Waals surface area contributed by atoms with Crippen molar-refractivity contribution < 1.29 is 9.53 Å². The van der Waals surface area contributed by atoms with E-state index in [1.807, 2.05) is 30.3 Å². The molecule has 1 unspecified atom stereocenters. The van der Waals surface area contributed by atoms with Crippen LogP contribution in [0.15, 0.2) is 47.4 Å². The zero-order chi connectivity index (χ0) is 18.8. The summed E-state index contributed by atoms with van der Waals surface area (Å²) in [6.45, 7) is 1.31. The van der Waals surface area contributed by atoms with Gasteiger partial charge in [-0.1, -0.05) is 23.5 Å². The van der Waals surface area contributed by atoms with Gasteiger partial charge >= 0.3 is 0 Å². The molecular weight excluding hydrogens is 491 g/mol. The van der Waals surface area contributed by atoms with Crippen molar-refractivity contribution in [2.24, 2.45) is 0 Å². The van der Waals surface area contributed by atoms with Gasteiger partial charge in [0.05, 0.1) is 28.4 Å². The predicted molar refractivity (Wildman–Crippen MR) is 121 cm³/mol. The van der Waals surface area contributed by atoms with Crippen LogP contribution in [0.1, 0.15) is 23.2 Å². The third-order valence-corrected chi connectivity index (χ3v) is 7.28. The van der Waals surface area contributed by atoms with Crippen LogP contribution >= 0.6 is 45.7 Å². The number of halogens is 1. The third-order valence-electron chi connectivity index (χ3n) is 4.57. The Morgan fingerprint density at radius 2 is 2.22 bits per heavy atom. The van der Waals surface area contributed by atoms with E-state index in [1.165, 1.54) is 4.90 Å². The molecule has 4 nitrogen and oxygen atoms in total. The largest absolute Gasteiger partial charge is 0.376 e. The van der Waals surface area contributed by atoms with E-state index in [2.05, 4.69) is 41.0 Å². The summed E-state index contributed by atoms with van der Waals surface area (Å²) in [5.74, 6) is -0.0142. The molecule has 1 fully saturated rings. The van der Waals surface area contributed by atoms with Crippen LogP contribution in [0.3, 0.4) is 0 Å². The Morgan fingerprint density at radius 1 is 1.37 bits per heavy atom. The lowest BCUT2D eigenvalue weighted by atomic mass is 10.2. The molecule has 3 aromatic rings. The molecular formula is C20H19IN2O2S2. The molecule has 27 heavy (non-hydrogen) atoms. The maximum atomic E-state index is 13.4. The number of thiazole rings is 1. The van der Waals surface area contributed by atoms with Crippen molar-refractivity contribution in [3.8, 4) is 0 Å². The van der Waals surface area contributed by atoms with Gasteiger partial charge in [-0.25, -0.2) is 4.98 Å². The molecule has 0 N–H and O–H groups in total. The second kappa shape index (κ2) is 8.46. The third kappa shape index (κ3) is 4.16. The average Bonchev–Trinajstić information content (AvgIpc) is 3.34. The fourth-order valence-corrected chi connectivity index (χ4v) is 5.30. The van der Waals surface area contributed by atoms with Gasteiger partial charge in [0.2, 0.25) is 0 Å². The van der Waals surface area contributed by atoms with Gasteiger partial charge in [0.25, 0.3) is 5.91 Å². The first kappa shape index (κ1) is 19.2. The molecule has 0 radical (unpaired) electrons. The van der Waals surface area contributed by atoms with Gasteiger partial charge in [0.1, 0.15) is 0 Å². The van der Waals surface area contributed by atoms with Crippen molar-refractivity contribution in [1.82, 2.24) is 4.98 Å². The molecule has 0 saturated carbocycles. The molecule has 4 rings (SSSR count). The van der Waals surface area contributed by atoms with Crippen LogP contribution in [0.25, 0.3) is 10.2 Å². The number of hydrogen-bond donors (Lipinski definition) is 0. The van der Waals surface area contributed by atoms with Gasteiger partial charge in [-0.3, -0.25) is 9.69 Å². The summed E-state index contributed by atoms with van der Waals surface area (Å²) in [6, 6.07) is 13.9. The number of ether oxygens (including phenoxy) is 1. The second-order valence-electron chi connectivity index (χ2n) is 6.36. The Balaban J connectivity index is 1.73. The predicted octanol–water partition coefficient (Wildman–Crippen LogP) is 5.45. The second-order valence-corrected chi connectivity index (χ2v) is 9.41. The molecule has 1 aliphatic heterocycles. The Labute approximate surface area is 180 Å². The summed E-state index contributed by atoms with van der Waals surface area (Å²) in [6.07, 6.45) is 4.17. The maximum Gasteiger partial charge on any atom is 0.261 e. The minimum absolute atomic E-state index is 0.0142. The van der Waals surface area contributed by atoms with Gasteiger partial charge < -0.3 is 4.74 Å². The molecule has 1 aliphatic rings. The zero-order valence-electron chi connectivity index (χ0n) is 14.9. The van der Waals surface area contributed by atoms with Crippen LogP contribution in [-0.4, -0.2) is 36.4 Å². The number of thioether (sulfide) groups is 1. The Morgan fingerprint density at radius 3 is 2.96 bits per heavy atom. The summed E-state index contributed by atoms with van der Waals surface area (Å²) in [4.78, 5) is 21.1. The highest BCUT2D eigenvalue weighted by Crippen LogP contribution is 2.33. The van der Waals surface area contributed by atoms with Crippen molar-refractivity contribution in [2.45, 2.75) is 23.8 Å². The number of benzene rings is 2. The van der Waals surface area contributed by atoms with E-state index >= 15 is 0 Å². The molecule has 1 amide bonds. The van der Waals surface area contributed by atoms with E-state index in [0.717, 1.165) is 38.4 Å². The molecule has 1 aromatic heterocycles. The van der Waals surface area contributed by atoms with E-state index in [9.17, 15) is 4.79 Å². The minimum atomic E-state index is -0.0142. The summed E-state index contributed by atoms with van der Waals surface area (Å²) >= 11 is 5.50. The highest BCUT2D eigenvalue weighted by molar-refractivity contribution is 14.1. The minimum Gasteiger partial charge on any atom is -0.376 e. The Hall–Kier alpha value is -1.16. The number of anilines is 1. The molecule has 140 valence electrons. The first-order valence-corrected chi connectivity index (χ1v) is 11.9. The fraction of sp³-hybridized carbons (Fsp3) is 0.300. The Kier molecular flexibility index (Phi) is 6.01. The highest BCUT2D eigenvalue weighted by Gasteiger charge is 2.27. The first-order chi connectivity index (χ1) is 13.2. The number of amides is 1. The lowest BCUT2D eigenvalue weighted by Crippen LogP contribution is -2.37. The number of nitrogens with zero attached hydrogens (tertiary/aromatic N) is 2. The van der Waals surface area contributed by atoms with Crippen LogP contribution in [0.2, 0.25) is 0 Å². The summed E-state index contributed by atoms with van der Waals surface area (Å²) in [5, 5.41) is 0.739. The molecule has 7 heteroatoms. The van der Waals surface area contributed by atoms with Crippen molar-refractivity contribution in [2.75, 3.05) is 24.3 Å². The van der Waals surface area contributed by atoms with E-state index in [1.54, 1.807) is 28.0 Å². The zero-order valence-corrected chi connectivity index (χ0v) is 18.6. The monoisotopic (exact) mass is 510 g/mol. The SMILES string of the molecule is CSc1ccc2nc(N(CC3CCCO3)C(=O)c3ccccc3I)sc2c1. The highest BCUT2D eigenvalue weighted by atomic mass is 127. The lowest BCUT2D eigenvalue weighted by Gasteiger charge is -2.23. The quantitative estimate of drug-likeness (QED) is 0.338. The van der Waals surface area contributed by atoms with Gasteiger partial charge in [-0.05, 0) is 72.0 Å². The number of hydrogen-bond acceptors (Lipinski definition) is 5. The van der Waals surface area contributed by atoms with E-state index in [-0.39, 0.29) is 12.0 Å². The molecule has 1 atom stereocenters. The van der Waals surface area contributed by atoms with Crippen molar-refractivity contribution in [3.63, 3.8) is 0 Å². The normalized spacial score (nSPS) is 16.7. The van der Waals surface area contributed by atoms with Crippen LogP contribution in [0.4, 0.5) is 5.13 Å². The molecule has 0 bridgehead atoms. The number of fused-ring (bicyclic) bond motifs is 1. The first-order valence-electron chi connectivity index (χ1n) is 8.78. The fourth-order valence-electron chi connectivity index (χ4n) is 3.16. The van der Waals surface area contributed by atoms with Crippen LogP contribution in [0.5, 0.6) is 0 Å². The van der Waals surface area contributed by atoms with E-state index < -0.39 is 0 Å². The summed E-state index contributed by atoms with van der Waals surface area (Å²) in [7, 11) is 0. The van der Waals surface area contributed by atoms with Crippen LogP contribution in [-0.2, 0) is 4.74 Å². The average molecular weight is 510 g/mol. The summed E-state index contributed by atoms with van der Waals surface area (Å²) in [5.41, 5.74) is 1.64. The lowest BCUT2D eigenvalue weighted by molar-refractivity contribution is 0.0916. The van der Waals surface area contributed by atoms with E-state index in [0.29, 0.717) is 12.1 Å². The molecule has 2 aromatic carbocycles. The molecule has 1 saturated heterocycles. The number of rotatable bonds is 5. The topological polar surface area (TPSA) is 42.4 Å². The number of aromatic nitrogens is 1. The van der Waals surface area contributed by atoms with Crippen LogP contribution < -0.4 is 4.90 Å². The molecule has 0 aliphatic carbocycles. The van der Waals surface area contributed by atoms with Crippen LogP contribution in [0, 0.1) is 3.57 Å². The maximum absolute atomic E-state index is 13.4.